The van der Waals surface area contributed by atoms with Crippen LogP contribution in [0.25, 0.3) is 0 Å². The molecule has 10 heteroatoms. The number of nitrogens with zero attached hydrogens (tertiary/aromatic N) is 1. The maximum Gasteiger partial charge on any atom is 0.262 e. The molecule has 1 aliphatic rings. The SMILES string of the molecule is O=S(=O)(Nc1c(F)cccc1F)c1ccc(S(=O)(=O)N2CCCC2)cc1. The number of halogens is 2. The molecule has 0 saturated carbocycles. The Morgan fingerprint density at radius 1 is 0.808 bits per heavy atom. The quantitative estimate of drug-likeness (QED) is 0.833. The molecule has 2 aromatic rings. The van der Waals surface area contributed by atoms with Crippen LogP contribution in [0.2, 0.25) is 0 Å². The van der Waals surface area contributed by atoms with Gasteiger partial charge in [0, 0.05) is 13.1 Å². The molecule has 0 radical (unpaired) electrons. The summed E-state index contributed by atoms with van der Waals surface area (Å²) in [5.41, 5.74) is -0.790. The summed E-state index contributed by atoms with van der Waals surface area (Å²) in [6, 6.07) is 7.47. The van der Waals surface area contributed by atoms with Gasteiger partial charge in [-0.15, -0.1) is 0 Å². The number of hydrogen-bond acceptors (Lipinski definition) is 4. The lowest BCUT2D eigenvalue weighted by atomic mass is 10.3. The van der Waals surface area contributed by atoms with Crippen molar-refractivity contribution in [3.63, 3.8) is 0 Å². The first-order chi connectivity index (χ1) is 12.2. The van der Waals surface area contributed by atoms with Crippen LogP contribution in [-0.2, 0) is 20.0 Å². The minimum absolute atomic E-state index is 0.0320. The predicted molar refractivity (Wildman–Crippen MR) is 91.6 cm³/mol. The molecule has 26 heavy (non-hydrogen) atoms. The molecule has 0 unspecified atom stereocenters. The lowest BCUT2D eigenvalue weighted by Crippen LogP contribution is -2.27. The van der Waals surface area contributed by atoms with Crippen LogP contribution in [0.4, 0.5) is 14.5 Å². The van der Waals surface area contributed by atoms with Crippen molar-refractivity contribution in [3.8, 4) is 0 Å². The van der Waals surface area contributed by atoms with Crippen molar-refractivity contribution in [2.24, 2.45) is 0 Å². The lowest BCUT2D eigenvalue weighted by Gasteiger charge is -2.16. The van der Waals surface area contributed by atoms with Crippen LogP contribution in [0.1, 0.15) is 12.8 Å². The molecule has 140 valence electrons. The summed E-state index contributed by atoms with van der Waals surface area (Å²) in [5.74, 6) is -2.11. The highest BCUT2D eigenvalue weighted by Crippen LogP contribution is 2.25. The summed E-state index contributed by atoms with van der Waals surface area (Å²) in [4.78, 5) is -0.337. The standard InChI is InChI=1S/C16H16F2N2O4S2/c17-14-4-3-5-15(18)16(14)19-25(21,22)12-6-8-13(9-7-12)26(23,24)20-10-1-2-11-20/h3-9,19H,1-2,10-11H2. The van der Waals surface area contributed by atoms with E-state index in [1.807, 2.05) is 4.72 Å². The number of para-hydroxylation sites is 1. The fourth-order valence-electron chi connectivity index (χ4n) is 2.66. The average molecular weight is 402 g/mol. The molecular weight excluding hydrogens is 386 g/mol. The number of benzene rings is 2. The van der Waals surface area contributed by atoms with Crippen LogP contribution in [0.5, 0.6) is 0 Å². The van der Waals surface area contributed by atoms with Gasteiger partial charge in [-0.2, -0.15) is 4.31 Å². The first-order valence-corrected chi connectivity index (χ1v) is 10.7. The molecule has 1 aliphatic heterocycles. The molecule has 0 atom stereocenters. The summed E-state index contributed by atoms with van der Waals surface area (Å²) in [5, 5.41) is 0. The number of nitrogens with one attached hydrogen (secondary N) is 1. The lowest BCUT2D eigenvalue weighted by molar-refractivity contribution is 0.477. The molecule has 2 aromatic carbocycles. The van der Waals surface area contributed by atoms with Crippen molar-refractivity contribution >= 4 is 25.7 Å². The molecule has 1 N–H and O–H groups in total. The van der Waals surface area contributed by atoms with Gasteiger partial charge in [0.2, 0.25) is 10.0 Å². The van der Waals surface area contributed by atoms with E-state index in [4.69, 9.17) is 0 Å². The van der Waals surface area contributed by atoms with Gasteiger partial charge in [0.15, 0.2) is 0 Å². The normalized spacial score (nSPS) is 15.9. The smallest absolute Gasteiger partial charge is 0.262 e. The molecule has 3 rings (SSSR count). The molecular formula is C16H16F2N2O4S2. The minimum Gasteiger partial charge on any atom is -0.274 e. The first-order valence-electron chi connectivity index (χ1n) is 7.79. The van der Waals surface area contributed by atoms with Crippen molar-refractivity contribution in [1.29, 1.82) is 0 Å². The number of sulfonamides is 2. The molecule has 0 amide bonds. The molecule has 1 saturated heterocycles. The Bertz CT molecular complexity index is 996. The third-order valence-electron chi connectivity index (χ3n) is 4.04. The predicted octanol–water partition coefficient (Wildman–Crippen LogP) is 2.55. The Hall–Kier alpha value is -2.04. The van der Waals surface area contributed by atoms with Gasteiger partial charge in [-0.25, -0.2) is 25.6 Å². The van der Waals surface area contributed by atoms with E-state index in [2.05, 4.69) is 0 Å². The third-order valence-corrected chi connectivity index (χ3v) is 7.31. The molecule has 6 nitrogen and oxygen atoms in total. The summed E-state index contributed by atoms with van der Waals surface area (Å²) >= 11 is 0. The van der Waals surface area contributed by atoms with E-state index in [-0.39, 0.29) is 9.79 Å². The van der Waals surface area contributed by atoms with E-state index in [1.165, 1.54) is 16.4 Å². The fourth-order valence-corrected chi connectivity index (χ4v) is 5.25. The molecule has 0 aromatic heterocycles. The first kappa shape index (κ1) is 18.7. The maximum absolute atomic E-state index is 13.6. The highest BCUT2D eigenvalue weighted by atomic mass is 32.2. The fraction of sp³-hybridized carbons (Fsp3) is 0.250. The molecule has 0 aliphatic carbocycles. The Balaban J connectivity index is 1.88. The van der Waals surface area contributed by atoms with Gasteiger partial charge in [0.25, 0.3) is 10.0 Å². The van der Waals surface area contributed by atoms with E-state index in [1.54, 1.807) is 0 Å². The van der Waals surface area contributed by atoms with Crippen LogP contribution >= 0.6 is 0 Å². The van der Waals surface area contributed by atoms with Gasteiger partial charge in [0.1, 0.15) is 17.3 Å². The summed E-state index contributed by atoms with van der Waals surface area (Å²) in [6.07, 6.45) is 1.56. The Morgan fingerprint density at radius 2 is 1.31 bits per heavy atom. The zero-order valence-corrected chi connectivity index (χ0v) is 15.2. The van der Waals surface area contributed by atoms with Gasteiger partial charge in [-0.3, -0.25) is 4.72 Å². The topological polar surface area (TPSA) is 83.5 Å². The summed E-state index contributed by atoms with van der Waals surface area (Å²) in [6.45, 7) is 0.854. The summed E-state index contributed by atoms with van der Waals surface area (Å²) in [7, 11) is -7.95. The Morgan fingerprint density at radius 3 is 1.85 bits per heavy atom. The van der Waals surface area contributed by atoms with Gasteiger partial charge in [-0.1, -0.05) is 6.07 Å². The number of anilines is 1. The van der Waals surface area contributed by atoms with Gasteiger partial charge in [0.05, 0.1) is 9.79 Å². The highest BCUT2D eigenvalue weighted by molar-refractivity contribution is 7.92. The third kappa shape index (κ3) is 3.57. The van der Waals surface area contributed by atoms with E-state index in [0.29, 0.717) is 13.1 Å². The van der Waals surface area contributed by atoms with Gasteiger partial charge in [-0.05, 0) is 49.2 Å². The zero-order chi connectivity index (χ0) is 18.9. The minimum atomic E-state index is -4.28. The van der Waals surface area contributed by atoms with Crippen molar-refractivity contribution in [2.45, 2.75) is 22.6 Å². The van der Waals surface area contributed by atoms with Crippen molar-refractivity contribution in [2.75, 3.05) is 17.8 Å². The molecule has 0 spiro atoms. The number of hydrogen-bond donors (Lipinski definition) is 1. The monoisotopic (exact) mass is 402 g/mol. The molecule has 0 bridgehead atoms. The number of rotatable bonds is 5. The highest BCUT2D eigenvalue weighted by Gasteiger charge is 2.27. The average Bonchev–Trinajstić information content (AvgIpc) is 3.14. The second kappa shape index (κ2) is 6.93. The van der Waals surface area contributed by atoms with Crippen molar-refractivity contribution < 1.29 is 25.6 Å². The van der Waals surface area contributed by atoms with E-state index in [0.717, 1.165) is 43.2 Å². The van der Waals surface area contributed by atoms with Gasteiger partial charge >= 0.3 is 0 Å². The molecule has 1 fully saturated rings. The van der Waals surface area contributed by atoms with Crippen LogP contribution in [0.3, 0.4) is 0 Å². The summed E-state index contributed by atoms with van der Waals surface area (Å²) < 4.78 is 80.0. The second-order valence-corrected chi connectivity index (χ2v) is 9.41. The Labute approximate surface area is 150 Å². The van der Waals surface area contributed by atoms with E-state index in [9.17, 15) is 25.6 Å². The second-order valence-electron chi connectivity index (χ2n) is 5.78. The van der Waals surface area contributed by atoms with E-state index >= 15 is 0 Å². The van der Waals surface area contributed by atoms with Crippen LogP contribution in [0, 0.1) is 11.6 Å². The largest absolute Gasteiger partial charge is 0.274 e. The van der Waals surface area contributed by atoms with Crippen molar-refractivity contribution in [3.05, 3.63) is 54.1 Å². The Kier molecular flexibility index (Phi) is 5.00. The van der Waals surface area contributed by atoms with Crippen LogP contribution in [-0.4, -0.2) is 34.2 Å². The zero-order valence-electron chi connectivity index (χ0n) is 13.5. The maximum atomic E-state index is 13.6. The van der Waals surface area contributed by atoms with E-state index < -0.39 is 37.4 Å². The van der Waals surface area contributed by atoms with Crippen molar-refractivity contribution in [1.82, 2.24) is 4.31 Å². The van der Waals surface area contributed by atoms with Crippen LogP contribution in [0.15, 0.2) is 52.3 Å². The van der Waals surface area contributed by atoms with Crippen LogP contribution < -0.4 is 4.72 Å². The molecule has 1 heterocycles. The van der Waals surface area contributed by atoms with Gasteiger partial charge < -0.3 is 0 Å².